The van der Waals surface area contributed by atoms with Crippen LogP contribution in [0.4, 0.5) is 26.0 Å². The summed E-state index contributed by atoms with van der Waals surface area (Å²) in [5, 5.41) is 13.3. The Balaban J connectivity index is 2.38. The summed E-state index contributed by atoms with van der Waals surface area (Å²) in [5.74, 6) is -2.78. The number of alkyl halides is 2. The maximum atomic E-state index is 12.5. The number of para-hydroxylation sites is 1. The van der Waals surface area contributed by atoms with Gasteiger partial charge in [0.2, 0.25) is 11.1 Å². The van der Waals surface area contributed by atoms with Gasteiger partial charge in [-0.2, -0.15) is 13.8 Å². The molecule has 0 radical (unpaired) electrons. The number of thioether (sulfide) groups is 1. The van der Waals surface area contributed by atoms with Gasteiger partial charge in [0.15, 0.2) is 0 Å². The molecular weight excluding hydrogens is 326 g/mol. The van der Waals surface area contributed by atoms with Crippen molar-refractivity contribution in [3.8, 4) is 0 Å². The van der Waals surface area contributed by atoms with E-state index in [1.165, 1.54) is 12.1 Å². The van der Waals surface area contributed by atoms with Crippen LogP contribution in [0.2, 0.25) is 5.28 Å². The van der Waals surface area contributed by atoms with E-state index < -0.39 is 16.4 Å². The Hall–Kier alpha value is -2.00. The fraction of sp³-hybridized carbons (Fsp3) is 0.0909. The molecule has 0 amide bonds. The molecule has 0 saturated heterocycles. The summed E-state index contributed by atoms with van der Waals surface area (Å²) in [7, 11) is 0. The molecule has 0 saturated carbocycles. The first-order chi connectivity index (χ1) is 9.97. The van der Waals surface area contributed by atoms with E-state index in [1.807, 2.05) is 0 Å². The molecule has 1 aromatic heterocycles. The van der Waals surface area contributed by atoms with E-state index in [-0.39, 0.29) is 21.7 Å². The van der Waals surface area contributed by atoms with Gasteiger partial charge in [0.25, 0.3) is 5.76 Å². The van der Waals surface area contributed by atoms with E-state index in [2.05, 4.69) is 15.3 Å². The molecule has 0 aliphatic heterocycles. The Morgan fingerprint density at radius 2 is 2.10 bits per heavy atom. The maximum Gasteiger partial charge on any atom is 0.329 e. The van der Waals surface area contributed by atoms with Gasteiger partial charge in [0.1, 0.15) is 6.20 Å². The normalized spacial score (nSPS) is 10.7. The fourth-order valence-corrected chi connectivity index (χ4v) is 2.20. The third-order valence-corrected chi connectivity index (χ3v) is 3.26. The van der Waals surface area contributed by atoms with Crippen LogP contribution in [0.5, 0.6) is 0 Å². The molecule has 21 heavy (non-hydrogen) atoms. The minimum absolute atomic E-state index is 0.165. The predicted molar refractivity (Wildman–Crippen MR) is 75.3 cm³/mol. The molecule has 0 unspecified atom stereocenters. The van der Waals surface area contributed by atoms with Crippen LogP contribution < -0.4 is 5.32 Å². The quantitative estimate of drug-likeness (QED) is 0.384. The number of rotatable bonds is 5. The van der Waals surface area contributed by atoms with Gasteiger partial charge < -0.3 is 5.32 Å². The summed E-state index contributed by atoms with van der Waals surface area (Å²) in [6, 6.07) is 6.15. The second-order valence-electron chi connectivity index (χ2n) is 3.63. The molecule has 110 valence electrons. The number of halogens is 3. The molecule has 6 nitrogen and oxygen atoms in total. The number of nitro groups is 1. The van der Waals surface area contributed by atoms with E-state index in [0.29, 0.717) is 11.8 Å². The third kappa shape index (κ3) is 3.99. The molecule has 10 heteroatoms. The lowest BCUT2D eigenvalue weighted by Gasteiger charge is -2.10. The number of nitrogens with zero attached hydrogens (tertiary/aromatic N) is 3. The molecule has 1 aromatic carbocycles. The van der Waals surface area contributed by atoms with E-state index in [1.54, 1.807) is 12.1 Å². The van der Waals surface area contributed by atoms with E-state index in [0.717, 1.165) is 6.20 Å². The first-order valence-electron chi connectivity index (χ1n) is 5.45. The third-order valence-electron chi connectivity index (χ3n) is 2.29. The summed E-state index contributed by atoms with van der Waals surface area (Å²) >= 11 is 5.92. The minimum Gasteiger partial charge on any atom is -0.333 e. The summed E-state index contributed by atoms with van der Waals surface area (Å²) in [6.45, 7) is 0. The highest BCUT2D eigenvalue weighted by molar-refractivity contribution is 7.99. The molecule has 1 N–H and O–H groups in total. The van der Waals surface area contributed by atoms with Gasteiger partial charge in [-0.3, -0.25) is 10.1 Å². The minimum atomic E-state index is -2.61. The topological polar surface area (TPSA) is 81.0 Å². The van der Waals surface area contributed by atoms with Crippen LogP contribution in [0.3, 0.4) is 0 Å². The van der Waals surface area contributed by atoms with Gasteiger partial charge in [-0.25, -0.2) is 4.98 Å². The van der Waals surface area contributed by atoms with Crippen molar-refractivity contribution in [2.75, 3.05) is 5.32 Å². The van der Waals surface area contributed by atoms with Crippen LogP contribution >= 0.6 is 23.4 Å². The zero-order valence-corrected chi connectivity index (χ0v) is 11.7. The molecule has 1 heterocycles. The van der Waals surface area contributed by atoms with E-state index in [4.69, 9.17) is 11.6 Å². The number of anilines is 2. The Labute approximate surface area is 126 Å². The number of benzene rings is 1. The van der Waals surface area contributed by atoms with Crippen LogP contribution in [0.15, 0.2) is 35.4 Å². The van der Waals surface area contributed by atoms with Crippen molar-refractivity contribution < 1.29 is 13.7 Å². The van der Waals surface area contributed by atoms with Crippen molar-refractivity contribution in [1.82, 2.24) is 9.97 Å². The van der Waals surface area contributed by atoms with Crippen molar-refractivity contribution in [2.45, 2.75) is 10.7 Å². The van der Waals surface area contributed by atoms with Crippen LogP contribution in [0.1, 0.15) is 0 Å². The van der Waals surface area contributed by atoms with E-state index in [9.17, 15) is 18.9 Å². The maximum absolute atomic E-state index is 12.5. The lowest BCUT2D eigenvalue weighted by molar-refractivity contribution is -0.384. The van der Waals surface area contributed by atoms with Gasteiger partial charge in [-0.05, 0) is 23.7 Å². The monoisotopic (exact) mass is 332 g/mol. The van der Waals surface area contributed by atoms with Crippen molar-refractivity contribution >= 4 is 40.6 Å². The SMILES string of the molecule is O=[N+]([O-])c1cnc(Cl)nc1Nc1ccccc1SC(F)F. The van der Waals surface area contributed by atoms with Gasteiger partial charge in [-0.1, -0.05) is 23.9 Å². The van der Waals surface area contributed by atoms with Crippen LogP contribution in [0, 0.1) is 10.1 Å². The fourth-order valence-electron chi connectivity index (χ4n) is 1.48. The number of hydrogen-bond acceptors (Lipinski definition) is 6. The van der Waals surface area contributed by atoms with Crippen LogP contribution in [-0.4, -0.2) is 20.6 Å². The highest BCUT2D eigenvalue weighted by Gasteiger charge is 2.19. The first-order valence-corrected chi connectivity index (χ1v) is 6.71. The number of hydrogen-bond donors (Lipinski definition) is 1. The second-order valence-corrected chi connectivity index (χ2v) is 5.00. The molecule has 2 aromatic rings. The largest absolute Gasteiger partial charge is 0.333 e. The average molecular weight is 333 g/mol. The Morgan fingerprint density at radius 3 is 2.76 bits per heavy atom. The zero-order valence-electron chi connectivity index (χ0n) is 10.2. The standard InChI is InChI=1S/C11H7ClF2N4O2S/c12-10-15-5-7(18(19)20)9(17-10)16-6-3-1-2-4-8(6)21-11(13)14/h1-5,11H,(H,15,16,17). The zero-order chi connectivity index (χ0) is 15.4. The Kier molecular flexibility index (Phi) is 4.86. The van der Waals surface area contributed by atoms with Gasteiger partial charge >= 0.3 is 5.69 Å². The molecule has 0 aliphatic carbocycles. The summed E-state index contributed by atoms with van der Waals surface area (Å²) in [5.41, 5.74) is -0.142. The van der Waals surface area contributed by atoms with Crippen molar-refractivity contribution in [3.05, 3.63) is 45.9 Å². The highest BCUT2D eigenvalue weighted by atomic mass is 35.5. The summed E-state index contributed by atoms with van der Waals surface area (Å²) in [4.78, 5) is 17.7. The van der Waals surface area contributed by atoms with E-state index >= 15 is 0 Å². The lowest BCUT2D eigenvalue weighted by atomic mass is 10.3. The van der Waals surface area contributed by atoms with Crippen molar-refractivity contribution in [3.63, 3.8) is 0 Å². The molecule has 0 atom stereocenters. The van der Waals surface area contributed by atoms with Gasteiger partial charge in [0, 0.05) is 4.90 Å². The number of nitrogens with one attached hydrogen (secondary N) is 1. The van der Waals surface area contributed by atoms with Crippen molar-refractivity contribution in [1.29, 1.82) is 0 Å². The summed E-state index contributed by atoms with van der Waals surface area (Å²) < 4.78 is 25.0. The molecule has 0 bridgehead atoms. The lowest BCUT2D eigenvalue weighted by Crippen LogP contribution is -2.02. The molecular formula is C11H7ClF2N4O2S. The summed E-state index contributed by atoms with van der Waals surface area (Å²) in [6.07, 6.45) is 0.945. The molecule has 2 rings (SSSR count). The first kappa shape index (κ1) is 15.4. The van der Waals surface area contributed by atoms with Crippen molar-refractivity contribution in [2.24, 2.45) is 0 Å². The smallest absolute Gasteiger partial charge is 0.329 e. The van der Waals surface area contributed by atoms with Crippen LogP contribution in [0.25, 0.3) is 0 Å². The predicted octanol–water partition coefficient (Wildman–Crippen LogP) is 4.10. The molecule has 0 fully saturated rings. The van der Waals surface area contributed by atoms with Gasteiger partial charge in [-0.15, -0.1) is 0 Å². The molecule has 0 aliphatic rings. The van der Waals surface area contributed by atoms with Gasteiger partial charge in [0.05, 0.1) is 10.6 Å². The highest BCUT2D eigenvalue weighted by Crippen LogP contribution is 2.34. The second kappa shape index (κ2) is 6.64. The molecule has 0 spiro atoms. The number of aromatic nitrogens is 2. The Morgan fingerprint density at radius 1 is 1.38 bits per heavy atom. The Bertz CT molecular complexity index is 674. The average Bonchev–Trinajstić information content (AvgIpc) is 2.40. The van der Waals surface area contributed by atoms with Crippen LogP contribution in [-0.2, 0) is 0 Å².